The van der Waals surface area contributed by atoms with Crippen LogP contribution in [0.2, 0.25) is 5.02 Å². The first-order valence-electron chi connectivity index (χ1n) is 9.23. The highest BCUT2D eigenvalue weighted by molar-refractivity contribution is 7.92. The molecule has 4 rings (SSSR count). The van der Waals surface area contributed by atoms with E-state index in [-0.39, 0.29) is 9.92 Å². The monoisotopic (exact) mass is 455 g/mol. The summed E-state index contributed by atoms with van der Waals surface area (Å²) < 4.78 is 35.3. The zero-order valence-electron chi connectivity index (χ0n) is 16.7. The van der Waals surface area contributed by atoms with Crippen molar-refractivity contribution in [1.82, 2.24) is 19.5 Å². The van der Waals surface area contributed by atoms with Crippen LogP contribution in [-0.4, -0.2) is 27.9 Å². The molecule has 0 aliphatic carbocycles. The highest BCUT2D eigenvalue weighted by Gasteiger charge is 2.17. The van der Waals surface area contributed by atoms with E-state index in [1.807, 2.05) is 11.5 Å². The summed E-state index contributed by atoms with van der Waals surface area (Å²) >= 11 is 6.01. The number of imidazole rings is 1. The molecule has 0 fully saturated rings. The predicted molar refractivity (Wildman–Crippen MR) is 117 cm³/mol. The minimum Gasteiger partial charge on any atom is -0.439 e. The molecule has 4 aromatic rings. The van der Waals surface area contributed by atoms with E-state index in [1.165, 1.54) is 12.1 Å². The van der Waals surface area contributed by atoms with Crippen LogP contribution in [0.15, 0.2) is 71.9 Å². The molecule has 0 saturated carbocycles. The average Bonchev–Trinajstić information content (AvgIpc) is 3.15. The second-order valence-electron chi connectivity index (χ2n) is 6.62. The maximum absolute atomic E-state index is 12.6. The number of aromatic nitrogens is 4. The third-order valence-electron chi connectivity index (χ3n) is 4.33. The van der Waals surface area contributed by atoms with Gasteiger partial charge in [-0.15, -0.1) is 0 Å². The minimum absolute atomic E-state index is 0.00998. The number of hydrogen-bond acceptors (Lipinski definition) is 6. The lowest BCUT2D eigenvalue weighted by atomic mass is 10.3. The maximum Gasteiger partial charge on any atom is 0.263 e. The molecule has 2 aromatic carbocycles. The van der Waals surface area contributed by atoms with Crippen molar-refractivity contribution in [2.45, 2.75) is 18.7 Å². The lowest BCUT2D eigenvalue weighted by Gasteiger charge is -2.11. The lowest BCUT2D eigenvalue weighted by Crippen LogP contribution is -2.13. The first-order valence-corrected chi connectivity index (χ1v) is 11.1. The molecular weight excluding hydrogens is 438 g/mol. The van der Waals surface area contributed by atoms with Crippen LogP contribution in [0.3, 0.4) is 0 Å². The molecule has 158 valence electrons. The first kappa shape index (κ1) is 20.8. The van der Waals surface area contributed by atoms with Crippen molar-refractivity contribution >= 4 is 27.3 Å². The number of hydrogen-bond donors (Lipinski definition) is 1. The molecule has 0 bridgehead atoms. The Morgan fingerprint density at radius 2 is 1.77 bits per heavy atom. The maximum atomic E-state index is 12.6. The van der Waals surface area contributed by atoms with Gasteiger partial charge in [-0.3, -0.25) is 9.29 Å². The van der Waals surface area contributed by atoms with Gasteiger partial charge in [0, 0.05) is 24.1 Å². The van der Waals surface area contributed by atoms with Crippen LogP contribution in [0.4, 0.5) is 5.69 Å². The van der Waals surface area contributed by atoms with Gasteiger partial charge in [-0.05, 0) is 50.2 Å². The van der Waals surface area contributed by atoms with Gasteiger partial charge in [-0.1, -0.05) is 23.7 Å². The van der Waals surface area contributed by atoms with Crippen LogP contribution in [-0.2, 0) is 10.0 Å². The molecule has 0 unspecified atom stereocenters. The zero-order chi connectivity index (χ0) is 22.0. The van der Waals surface area contributed by atoms with E-state index in [4.69, 9.17) is 16.3 Å². The average molecular weight is 456 g/mol. The Balaban J connectivity index is 1.53. The van der Waals surface area contributed by atoms with Crippen molar-refractivity contribution in [3.63, 3.8) is 0 Å². The Bertz CT molecular complexity index is 1340. The van der Waals surface area contributed by atoms with Crippen LogP contribution < -0.4 is 9.46 Å². The van der Waals surface area contributed by atoms with Crippen molar-refractivity contribution in [3.8, 4) is 17.4 Å². The topological polar surface area (TPSA) is 99.0 Å². The fourth-order valence-electron chi connectivity index (χ4n) is 2.91. The van der Waals surface area contributed by atoms with Gasteiger partial charge < -0.3 is 4.74 Å². The van der Waals surface area contributed by atoms with E-state index in [0.29, 0.717) is 29.0 Å². The number of ether oxygens (including phenoxy) is 1. The van der Waals surface area contributed by atoms with E-state index in [9.17, 15) is 8.42 Å². The van der Waals surface area contributed by atoms with Gasteiger partial charge in [0.1, 0.15) is 28.1 Å². The van der Waals surface area contributed by atoms with Crippen molar-refractivity contribution in [1.29, 1.82) is 0 Å². The van der Waals surface area contributed by atoms with E-state index in [0.717, 1.165) is 5.82 Å². The van der Waals surface area contributed by atoms with Crippen LogP contribution in [0, 0.1) is 13.8 Å². The number of nitrogens with one attached hydrogen (secondary N) is 1. The molecule has 0 amide bonds. The summed E-state index contributed by atoms with van der Waals surface area (Å²) in [5.41, 5.74) is 0.376. The summed E-state index contributed by atoms with van der Waals surface area (Å²) in [6, 6.07) is 14.4. The number of sulfonamides is 1. The predicted octanol–water partition coefficient (Wildman–Crippen LogP) is 4.53. The molecule has 31 heavy (non-hydrogen) atoms. The molecule has 2 aromatic heterocycles. The molecule has 0 atom stereocenters. The first-order chi connectivity index (χ1) is 14.8. The summed E-state index contributed by atoms with van der Waals surface area (Å²) in [7, 11) is -3.81. The zero-order valence-corrected chi connectivity index (χ0v) is 18.2. The highest BCUT2D eigenvalue weighted by atomic mass is 35.5. The van der Waals surface area contributed by atoms with Gasteiger partial charge in [0.25, 0.3) is 10.0 Å². The molecule has 0 radical (unpaired) electrons. The largest absolute Gasteiger partial charge is 0.439 e. The fraction of sp³-hybridized carbons (Fsp3) is 0.0952. The molecule has 0 aliphatic rings. The van der Waals surface area contributed by atoms with E-state index in [2.05, 4.69) is 19.7 Å². The number of nitrogens with zero attached hydrogens (tertiary/aromatic N) is 4. The third-order valence-corrected chi connectivity index (χ3v) is 6.21. The Hall–Kier alpha value is -3.43. The van der Waals surface area contributed by atoms with Crippen molar-refractivity contribution in [2.75, 3.05) is 4.72 Å². The molecule has 2 heterocycles. The molecule has 1 N–H and O–H groups in total. The van der Waals surface area contributed by atoms with Crippen LogP contribution >= 0.6 is 11.6 Å². The van der Waals surface area contributed by atoms with E-state index in [1.54, 1.807) is 61.8 Å². The highest BCUT2D eigenvalue weighted by Crippen LogP contribution is 2.26. The molecule has 0 spiro atoms. The number of aryl methyl sites for hydroxylation is 2. The van der Waals surface area contributed by atoms with Crippen LogP contribution in [0.5, 0.6) is 11.6 Å². The fourth-order valence-corrected chi connectivity index (χ4v) is 4.48. The Morgan fingerprint density at radius 3 is 2.45 bits per heavy atom. The number of halogens is 1. The van der Waals surface area contributed by atoms with Gasteiger partial charge in [-0.25, -0.2) is 18.4 Å². The number of anilines is 1. The summed E-state index contributed by atoms with van der Waals surface area (Å²) in [5.74, 6) is 2.83. The lowest BCUT2D eigenvalue weighted by molar-refractivity contribution is 0.459. The summed E-state index contributed by atoms with van der Waals surface area (Å²) in [4.78, 5) is 12.9. The van der Waals surface area contributed by atoms with E-state index >= 15 is 0 Å². The normalized spacial score (nSPS) is 11.3. The molecule has 8 nitrogen and oxygen atoms in total. The summed E-state index contributed by atoms with van der Waals surface area (Å²) in [5, 5.41) is 0.151. The van der Waals surface area contributed by atoms with Gasteiger partial charge in [0.15, 0.2) is 0 Å². The standard InChI is InChI=1S/C21H18ClN5O3S/c1-14-24-20(27-12-11-23-15(27)2)13-21(25-14)30-17-9-7-16(8-10-17)26-31(28,29)19-6-4-3-5-18(19)22/h3-13,26H,1-2H3. The van der Waals surface area contributed by atoms with Gasteiger partial charge >= 0.3 is 0 Å². The van der Waals surface area contributed by atoms with Gasteiger partial charge in [0.2, 0.25) is 5.88 Å². The Kier molecular flexibility index (Phi) is 5.62. The van der Waals surface area contributed by atoms with Crippen molar-refractivity contribution < 1.29 is 13.2 Å². The SMILES string of the molecule is Cc1nc(Oc2ccc(NS(=O)(=O)c3ccccc3Cl)cc2)cc(-n2ccnc2C)n1. The Morgan fingerprint density at radius 1 is 1.03 bits per heavy atom. The van der Waals surface area contributed by atoms with E-state index < -0.39 is 10.0 Å². The number of benzene rings is 2. The molecule has 0 saturated heterocycles. The third kappa shape index (κ3) is 4.68. The van der Waals surface area contributed by atoms with Crippen LogP contribution in [0.1, 0.15) is 11.6 Å². The molecule has 10 heteroatoms. The van der Waals surface area contributed by atoms with Crippen molar-refractivity contribution in [2.24, 2.45) is 0 Å². The molecular formula is C21H18ClN5O3S. The van der Waals surface area contributed by atoms with Crippen LogP contribution in [0.25, 0.3) is 5.82 Å². The molecule has 0 aliphatic heterocycles. The van der Waals surface area contributed by atoms with Crippen molar-refractivity contribution in [3.05, 3.63) is 83.7 Å². The van der Waals surface area contributed by atoms with Gasteiger partial charge in [-0.2, -0.15) is 4.98 Å². The second kappa shape index (κ2) is 8.37. The summed E-state index contributed by atoms with van der Waals surface area (Å²) in [6.45, 7) is 3.65. The smallest absolute Gasteiger partial charge is 0.263 e. The van der Waals surface area contributed by atoms with Gasteiger partial charge in [0.05, 0.1) is 5.02 Å². The summed E-state index contributed by atoms with van der Waals surface area (Å²) in [6.07, 6.45) is 3.50. The second-order valence-corrected chi connectivity index (χ2v) is 8.68. The Labute approximate surface area is 184 Å². The quantitative estimate of drug-likeness (QED) is 0.458. The number of rotatable bonds is 6. The minimum atomic E-state index is -3.81.